The second-order valence-electron chi connectivity index (χ2n) is 8.13. The van der Waals surface area contributed by atoms with E-state index in [1.165, 1.54) is 32.6 Å². The van der Waals surface area contributed by atoms with Gasteiger partial charge in [0.1, 0.15) is 9.52 Å². The largest absolute Gasteiger partial charge is 0.664 e. The molecule has 1 amide bonds. The molecule has 0 bridgehead atoms. The van der Waals surface area contributed by atoms with Gasteiger partial charge in [-0.1, -0.05) is 137 Å². The Morgan fingerprint density at radius 2 is 1.16 bits per heavy atom. The molecule has 189 valence electrons. The predicted molar refractivity (Wildman–Crippen MR) is 160 cm³/mol. The van der Waals surface area contributed by atoms with Crippen LogP contribution < -0.4 is 10.4 Å². The summed E-state index contributed by atoms with van der Waals surface area (Å²) in [7, 11) is 10.0. The third kappa shape index (κ3) is 9.75. The van der Waals surface area contributed by atoms with Crippen LogP contribution in [-0.4, -0.2) is 15.4 Å². The van der Waals surface area contributed by atoms with Crippen LogP contribution in [0, 0.1) is 6.07 Å². The van der Waals surface area contributed by atoms with E-state index in [1.807, 2.05) is 12.1 Å². The zero-order chi connectivity index (χ0) is 27.0. The fourth-order valence-electron chi connectivity index (χ4n) is 3.88. The average Bonchev–Trinajstić information content (AvgIpc) is 3.35. The molecule has 6 heteroatoms. The van der Waals surface area contributed by atoms with E-state index >= 15 is 0 Å². The van der Waals surface area contributed by atoms with Gasteiger partial charge in [0.15, 0.2) is 0 Å². The first-order chi connectivity index (χ1) is 18.6. The Bertz CT molecular complexity index is 1310. The average molecular weight is 587 g/mol. The minimum atomic E-state index is -0.629. The molecule has 0 saturated heterocycles. The van der Waals surface area contributed by atoms with Crippen molar-refractivity contribution in [1.82, 2.24) is 0 Å². The van der Waals surface area contributed by atoms with Gasteiger partial charge in [0.2, 0.25) is 0 Å². The zero-order valence-electron chi connectivity index (χ0n) is 20.7. The van der Waals surface area contributed by atoms with E-state index in [9.17, 15) is 4.79 Å². The minimum absolute atomic E-state index is 0.271. The summed E-state index contributed by atoms with van der Waals surface area (Å²) < 4.78 is 0. The molecule has 1 aliphatic rings. The normalized spacial score (nSPS) is 10.1. The Morgan fingerprint density at radius 1 is 0.684 bits per heavy atom. The molecule has 0 aromatic heterocycles. The first kappa shape index (κ1) is 29.6. The molecule has 0 saturated carbocycles. The molecular weight excluding hydrogens is 561 g/mol. The molecule has 0 heterocycles. The van der Waals surface area contributed by atoms with Crippen LogP contribution in [0.15, 0.2) is 133 Å². The third-order valence-corrected chi connectivity index (χ3v) is 7.02. The summed E-state index contributed by atoms with van der Waals surface area (Å²) in [6.45, 7) is 0. The number of benzene rings is 5. The molecule has 1 aliphatic carbocycles. The summed E-state index contributed by atoms with van der Waals surface area (Å²) in [4.78, 5) is 10.3. The van der Waals surface area contributed by atoms with Crippen molar-refractivity contribution in [1.29, 1.82) is 0 Å². The Morgan fingerprint density at radius 3 is 1.68 bits per heavy atom. The second-order valence-corrected chi connectivity index (χ2v) is 12.3. The van der Waals surface area contributed by atoms with E-state index in [2.05, 4.69) is 103 Å². The van der Waals surface area contributed by atoms with Crippen molar-refractivity contribution in [3.8, 4) is 11.1 Å². The predicted octanol–water partition coefficient (Wildman–Crippen LogP) is 7.39. The van der Waals surface area contributed by atoms with Gasteiger partial charge in [0, 0.05) is 0 Å². The van der Waals surface area contributed by atoms with Crippen molar-refractivity contribution in [3.05, 3.63) is 162 Å². The molecule has 0 spiro atoms. The van der Waals surface area contributed by atoms with E-state index in [0.717, 1.165) is 6.42 Å². The molecule has 5 aromatic rings. The molecule has 0 aliphatic heterocycles. The van der Waals surface area contributed by atoms with Gasteiger partial charge in [-0.25, -0.2) is 0 Å². The van der Waals surface area contributed by atoms with Crippen LogP contribution in [-0.2, 0) is 23.5 Å². The van der Waals surface area contributed by atoms with Gasteiger partial charge in [-0.2, -0.15) is 29.8 Å². The Balaban J connectivity index is 0.000000153. The van der Waals surface area contributed by atoms with Crippen LogP contribution in [0.2, 0.25) is 0 Å². The van der Waals surface area contributed by atoms with Crippen LogP contribution in [0.4, 0.5) is 0 Å². The Hall–Kier alpha value is -2.92. The maximum absolute atomic E-state index is 10.3. The first-order valence-electron chi connectivity index (χ1n) is 11.9. The molecule has 1 radical (unpaired) electrons. The maximum atomic E-state index is 10.3. The fourth-order valence-corrected chi connectivity index (χ4v) is 5.09. The molecule has 5 aromatic carbocycles. The van der Waals surface area contributed by atoms with E-state index in [1.54, 1.807) is 24.3 Å². The third-order valence-electron chi connectivity index (χ3n) is 5.59. The second kappa shape index (κ2) is 16.8. The Labute approximate surface area is 244 Å². The van der Waals surface area contributed by atoms with Crippen molar-refractivity contribution in [3.63, 3.8) is 0 Å². The number of halogens is 2. The van der Waals surface area contributed by atoms with Crippen molar-refractivity contribution < 1.29 is 21.8 Å². The first-order valence-corrected chi connectivity index (χ1v) is 17.4. The van der Waals surface area contributed by atoms with Gasteiger partial charge >= 0.3 is 35.6 Å². The summed E-state index contributed by atoms with van der Waals surface area (Å²) >= 11 is -0.556. The van der Waals surface area contributed by atoms with Crippen molar-refractivity contribution in [2.45, 2.75) is 6.42 Å². The number of carbonyl (C=O) groups excluding carboxylic acids is 1. The van der Waals surface area contributed by atoms with Gasteiger partial charge in [0.25, 0.3) is 0 Å². The smallest absolute Gasteiger partial charge is 0.103 e. The van der Waals surface area contributed by atoms with Crippen LogP contribution in [0.5, 0.6) is 0 Å². The van der Waals surface area contributed by atoms with Gasteiger partial charge < -0.3 is 10.5 Å². The van der Waals surface area contributed by atoms with Crippen molar-refractivity contribution in [2.75, 3.05) is 0 Å². The standard InChI is InChI=1S/C13H9.C12H11Si.C7H7NO.2ClH.Ti/c1-3-7-12-10(5-1)9-11-6-2-4-8-13(11)12;1-3-7-11(8-4-1)13-12-9-5-2-6-10-12;8-7(9)6-4-2-1-3-5-6;;;/h1-5,7-8H,9H2;1-10,13H;1-5H,(H2,8,9);2*1H;/q-1;;;;;+2/p-3. The number of carbonyl (C=O) groups is 1. The molecule has 2 nitrogen and oxygen atoms in total. The van der Waals surface area contributed by atoms with Crippen LogP contribution in [0.25, 0.3) is 16.9 Å². The minimum Gasteiger partial charge on any atom is -0.664 e. The summed E-state index contributed by atoms with van der Waals surface area (Å²) in [6, 6.07) is 48.0. The molecule has 0 atom stereocenters. The summed E-state index contributed by atoms with van der Waals surface area (Å²) in [5.41, 5.74) is 12.6. The van der Waals surface area contributed by atoms with E-state index in [4.69, 9.17) is 24.3 Å². The number of amides is 1. The van der Waals surface area contributed by atoms with Gasteiger partial charge in [-0.15, -0.1) is 5.56 Å². The van der Waals surface area contributed by atoms with Crippen molar-refractivity contribution in [2.24, 2.45) is 0 Å². The van der Waals surface area contributed by atoms with Gasteiger partial charge in [0.05, 0.1) is 5.91 Å². The van der Waals surface area contributed by atoms with Crippen LogP contribution in [0.3, 0.4) is 0 Å². The van der Waals surface area contributed by atoms with Crippen LogP contribution in [0.1, 0.15) is 21.5 Å². The molecule has 0 fully saturated rings. The summed E-state index contributed by atoms with van der Waals surface area (Å²) in [6.07, 6.45) is 1.05. The zero-order valence-corrected chi connectivity index (χ0v) is 24.9. The van der Waals surface area contributed by atoms with Gasteiger partial charge in [-0.3, -0.25) is 0 Å². The molecule has 38 heavy (non-hydrogen) atoms. The number of rotatable bonds is 3. The fraction of sp³-hybridized carbons (Fsp3) is 0.0312. The number of fused-ring (bicyclic) bond motifs is 3. The van der Waals surface area contributed by atoms with Crippen LogP contribution >= 0.6 is 18.6 Å². The quantitative estimate of drug-likeness (QED) is 0.157. The number of hydrogen-bond acceptors (Lipinski definition) is 1. The van der Waals surface area contributed by atoms with E-state index in [0.29, 0.717) is 5.56 Å². The molecule has 1 N–H and O–H groups in total. The maximum Gasteiger partial charge on any atom is 0.103 e. The van der Waals surface area contributed by atoms with Gasteiger partial charge in [-0.05, 0) is 12.0 Å². The SMILES string of the molecule is [Cl][Ti][Cl].[NH-]C(=O)c1ccccc1.[c-]1cccc2c1Cc1ccccc1-2.c1ccc([SiH]c2ccccc2)cc1. The Kier molecular flexibility index (Phi) is 13.1. The van der Waals surface area contributed by atoms with Crippen molar-refractivity contribution >= 4 is 44.4 Å². The monoisotopic (exact) mass is 586 g/mol. The molecule has 6 rings (SSSR count). The molecule has 0 unspecified atom stereocenters. The number of hydrogen-bond donors (Lipinski definition) is 0. The topological polar surface area (TPSA) is 40.9 Å². The van der Waals surface area contributed by atoms with E-state index in [-0.39, 0.29) is 9.52 Å². The summed E-state index contributed by atoms with van der Waals surface area (Å²) in [5.74, 6) is -0.629. The van der Waals surface area contributed by atoms with E-state index < -0.39 is 22.9 Å². The number of nitrogens with one attached hydrogen (secondary N) is 1. The summed E-state index contributed by atoms with van der Waals surface area (Å²) in [5, 5.41) is 2.90. The molecular formula is C32H26Cl2NOSiTi-2.